The molecule has 10 heteroatoms. The van der Waals surface area contributed by atoms with Crippen molar-refractivity contribution in [2.75, 3.05) is 18.5 Å². The number of fused-ring (bicyclic) bond motifs is 1. The first kappa shape index (κ1) is 26.9. The highest BCUT2D eigenvalue weighted by molar-refractivity contribution is 6.35. The lowest BCUT2D eigenvalue weighted by Gasteiger charge is -2.23. The van der Waals surface area contributed by atoms with E-state index in [1.165, 1.54) is 18.5 Å². The molecule has 1 atom stereocenters. The van der Waals surface area contributed by atoms with Crippen molar-refractivity contribution in [2.24, 2.45) is 4.99 Å². The molecule has 0 aliphatic carbocycles. The number of hydrogen-bond acceptors (Lipinski definition) is 6. The Hall–Kier alpha value is -3.20. The zero-order chi connectivity index (χ0) is 26.4. The number of H-pyrrole nitrogens is 1. The Labute approximate surface area is 225 Å². The van der Waals surface area contributed by atoms with E-state index in [1.54, 1.807) is 37.3 Å². The predicted octanol–water partition coefficient (Wildman–Crippen LogP) is 7.08. The molecule has 3 heterocycles. The minimum absolute atomic E-state index is 0.314. The molecule has 2 N–H and O–H groups in total. The Bertz CT molecular complexity index is 1340. The van der Waals surface area contributed by atoms with Crippen LogP contribution < -0.4 is 10.1 Å². The third-order valence-corrected chi connectivity index (χ3v) is 6.50. The van der Waals surface area contributed by atoms with Gasteiger partial charge in [-0.1, -0.05) is 23.2 Å². The number of benzene rings is 1. The van der Waals surface area contributed by atoms with Gasteiger partial charge in [0.2, 0.25) is 0 Å². The fourth-order valence-electron chi connectivity index (χ4n) is 4.13. The molecule has 0 saturated carbocycles. The number of hydrogen-bond donors (Lipinski definition) is 2. The number of rotatable bonds is 9. The number of nitrogens with one attached hydrogen (secondary N) is 2. The van der Waals surface area contributed by atoms with Crippen LogP contribution in [0.25, 0.3) is 22.8 Å². The fraction of sp³-hybridized carbons (Fsp3) is 0.296. The summed E-state index contributed by atoms with van der Waals surface area (Å²) in [7, 11) is 0. The van der Waals surface area contributed by atoms with Gasteiger partial charge >= 0.3 is 0 Å². The Morgan fingerprint density at radius 2 is 2.08 bits per heavy atom. The smallest absolute Gasteiger partial charge is 0.134 e. The molecule has 1 saturated heterocycles. The number of halogens is 3. The molecule has 0 unspecified atom stereocenters. The van der Waals surface area contributed by atoms with Crippen molar-refractivity contribution in [1.29, 1.82) is 0 Å². The third-order valence-electron chi connectivity index (χ3n) is 5.99. The monoisotopic (exact) mass is 543 g/mol. The largest absolute Gasteiger partial charge is 0.486 e. The minimum Gasteiger partial charge on any atom is -0.486 e. The van der Waals surface area contributed by atoms with E-state index in [2.05, 4.69) is 32.2 Å². The van der Waals surface area contributed by atoms with Gasteiger partial charge in [0, 0.05) is 59.3 Å². The maximum absolute atomic E-state index is 15.1. The summed E-state index contributed by atoms with van der Waals surface area (Å²) in [5, 5.41) is 12.1. The highest BCUT2D eigenvalue weighted by Crippen LogP contribution is 2.31. The summed E-state index contributed by atoms with van der Waals surface area (Å²) in [6.07, 6.45) is 5.70. The highest BCUT2D eigenvalue weighted by atomic mass is 35.5. The molecular formula is C27H28Cl2FN5O2. The van der Waals surface area contributed by atoms with Gasteiger partial charge < -0.3 is 14.8 Å². The third kappa shape index (κ3) is 6.77. The first-order valence-electron chi connectivity index (χ1n) is 11.9. The van der Waals surface area contributed by atoms with Crippen molar-refractivity contribution in [3.63, 3.8) is 0 Å². The van der Waals surface area contributed by atoms with Crippen LogP contribution in [-0.4, -0.2) is 47.3 Å². The summed E-state index contributed by atoms with van der Waals surface area (Å²) in [6.45, 7) is 8.44. The average molecular weight is 544 g/mol. The van der Waals surface area contributed by atoms with E-state index in [-0.39, 0.29) is 0 Å². The lowest BCUT2D eigenvalue weighted by molar-refractivity contribution is 0.0904. The van der Waals surface area contributed by atoms with Gasteiger partial charge in [-0.05, 0) is 63.7 Å². The second-order valence-corrected chi connectivity index (χ2v) is 9.61. The van der Waals surface area contributed by atoms with E-state index in [0.29, 0.717) is 55.4 Å². The van der Waals surface area contributed by atoms with E-state index < -0.39 is 11.9 Å². The Morgan fingerprint density at radius 3 is 2.76 bits per heavy atom. The van der Waals surface area contributed by atoms with Crippen molar-refractivity contribution < 1.29 is 13.9 Å². The SMILES string of the molecule is C=N/C=C(Cl)\C(=C(/C)Cl)[C@@H](C)Oc1ccc2n[nH]c(/C=C(\F)c3ccc(NC4CCOCC4)nc3)c2c1. The number of allylic oxidation sites excluding steroid dienone is 1. The van der Waals surface area contributed by atoms with Crippen LogP contribution >= 0.6 is 23.2 Å². The molecule has 0 amide bonds. The van der Waals surface area contributed by atoms with E-state index >= 15 is 4.39 Å². The van der Waals surface area contributed by atoms with Crippen LogP contribution in [0, 0.1) is 0 Å². The summed E-state index contributed by atoms with van der Waals surface area (Å²) in [5.41, 5.74) is 2.14. The van der Waals surface area contributed by atoms with Crippen LogP contribution in [0.3, 0.4) is 0 Å². The summed E-state index contributed by atoms with van der Waals surface area (Å²) >= 11 is 12.6. The maximum atomic E-state index is 15.1. The molecule has 0 radical (unpaired) electrons. The molecule has 194 valence electrons. The van der Waals surface area contributed by atoms with Crippen molar-refractivity contribution in [3.05, 3.63) is 69.6 Å². The van der Waals surface area contributed by atoms with Crippen LogP contribution in [-0.2, 0) is 4.74 Å². The number of ether oxygens (including phenoxy) is 2. The molecule has 1 aromatic carbocycles. The molecule has 3 aromatic rings. The summed E-state index contributed by atoms with van der Waals surface area (Å²) in [5.74, 6) is 0.825. The van der Waals surface area contributed by atoms with Crippen molar-refractivity contribution in [3.8, 4) is 5.75 Å². The lowest BCUT2D eigenvalue weighted by atomic mass is 10.1. The molecule has 1 aliphatic heterocycles. The molecule has 7 nitrogen and oxygen atoms in total. The van der Waals surface area contributed by atoms with Crippen LogP contribution in [0.2, 0.25) is 0 Å². The highest BCUT2D eigenvalue weighted by Gasteiger charge is 2.18. The van der Waals surface area contributed by atoms with Crippen LogP contribution in [0.1, 0.15) is 37.9 Å². The second-order valence-electron chi connectivity index (χ2n) is 8.64. The van der Waals surface area contributed by atoms with Crippen molar-refractivity contribution >= 4 is 58.5 Å². The van der Waals surface area contributed by atoms with Gasteiger partial charge in [0.05, 0.1) is 16.2 Å². The van der Waals surface area contributed by atoms with E-state index in [9.17, 15) is 0 Å². The van der Waals surface area contributed by atoms with Crippen LogP contribution in [0.15, 0.2) is 63.4 Å². The number of aromatic amines is 1. The van der Waals surface area contributed by atoms with E-state index in [0.717, 1.165) is 26.1 Å². The standard InChI is InChI=1S/C27H28Cl2FN5O2/c1-16(28)27(22(29)15-31-3)17(2)37-20-5-6-24-21(12-20)25(35-34-24)13-23(30)18-4-7-26(32-14-18)33-19-8-10-36-11-9-19/h4-7,12-15,17,19H,3,8-11H2,1-2H3,(H,32,33)(H,34,35)/b22-15+,23-13-,27-16+/t17-/m1/s1. The predicted molar refractivity (Wildman–Crippen MR) is 149 cm³/mol. The Kier molecular flexibility index (Phi) is 8.97. The fourth-order valence-corrected chi connectivity index (χ4v) is 4.79. The van der Waals surface area contributed by atoms with Gasteiger partial charge in [-0.3, -0.25) is 10.1 Å². The Morgan fingerprint density at radius 1 is 1.30 bits per heavy atom. The lowest BCUT2D eigenvalue weighted by Crippen LogP contribution is -2.28. The van der Waals surface area contributed by atoms with Gasteiger partial charge in [0.15, 0.2) is 0 Å². The number of pyridine rings is 1. The number of aromatic nitrogens is 3. The molecule has 1 fully saturated rings. The summed E-state index contributed by atoms with van der Waals surface area (Å²) in [6, 6.07) is 9.16. The van der Waals surface area contributed by atoms with Gasteiger partial charge in [-0.25, -0.2) is 9.37 Å². The Balaban J connectivity index is 1.52. The average Bonchev–Trinajstić information content (AvgIpc) is 3.27. The van der Waals surface area contributed by atoms with Gasteiger partial charge in [-0.15, -0.1) is 0 Å². The van der Waals surface area contributed by atoms with E-state index in [4.69, 9.17) is 32.7 Å². The molecular weight excluding hydrogens is 516 g/mol. The van der Waals surface area contributed by atoms with Crippen LogP contribution in [0.5, 0.6) is 5.75 Å². The van der Waals surface area contributed by atoms with Crippen molar-refractivity contribution in [1.82, 2.24) is 15.2 Å². The molecule has 37 heavy (non-hydrogen) atoms. The maximum Gasteiger partial charge on any atom is 0.134 e. The zero-order valence-corrected chi connectivity index (χ0v) is 22.1. The number of aliphatic imine (C=N–C) groups is 1. The zero-order valence-electron chi connectivity index (χ0n) is 20.6. The molecule has 1 aliphatic rings. The van der Waals surface area contributed by atoms with Gasteiger partial charge in [0.25, 0.3) is 0 Å². The number of nitrogens with zero attached hydrogens (tertiary/aromatic N) is 3. The normalized spacial score (nSPS) is 16.9. The van der Waals surface area contributed by atoms with E-state index in [1.807, 2.05) is 6.92 Å². The first-order valence-corrected chi connectivity index (χ1v) is 12.6. The minimum atomic E-state index is -0.470. The molecule has 2 aromatic heterocycles. The first-order chi connectivity index (χ1) is 17.9. The van der Waals surface area contributed by atoms with Gasteiger partial charge in [0.1, 0.15) is 23.5 Å². The number of anilines is 1. The van der Waals surface area contributed by atoms with Crippen LogP contribution in [0.4, 0.5) is 10.2 Å². The molecule has 4 rings (SSSR count). The quantitative estimate of drug-likeness (QED) is 0.222. The molecule has 0 bridgehead atoms. The van der Waals surface area contributed by atoms with Crippen molar-refractivity contribution in [2.45, 2.75) is 38.8 Å². The summed E-state index contributed by atoms with van der Waals surface area (Å²) in [4.78, 5) is 8.07. The van der Waals surface area contributed by atoms with Gasteiger partial charge in [-0.2, -0.15) is 5.10 Å². The topological polar surface area (TPSA) is 84.4 Å². The summed E-state index contributed by atoms with van der Waals surface area (Å²) < 4.78 is 26.6. The molecule has 0 spiro atoms. The second kappa shape index (κ2) is 12.4.